The normalized spacial score (nSPS) is 17.9. The molecule has 1 aliphatic rings. The van der Waals surface area contributed by atoms with Crippen LogP contribution in [-0.4, -0.2) is 6.10 Å². The summed E-state index contributed by atoms with van der Waals surface area (Å²) in [4.78, 5) is 1.04. The van der Waals surface area contributed by atoms with E-state index in [-0.39, 0.29) is 0 Å². The molecule has 0 unspecified atom stereocenters. The lowest BCUT2D eigenvalue weighted by Crippen LogP contribution is -2.16. The molecule has 82 valence electrons. The molecule has 1 fully saturated rings. The fourth-order valence-electron chi connectivity index (χ4n) is 2.07. The van der Waals surface area contributed by atoms with Crippen molar-refractivity contribution in [1.82, 2.24) is 0 Å². The van der Waals surface area contributed by atoms with Gasteiger partial charge in [0.05, 0.1) is 12.7 Å². The van der Waals surface area contributed by atoms with Gasteiger partial charge in [-0.3, -0.25) is 0 Å². The zero-order valence-corrected chi connectivity index (χ0v) is 9.88. The van der Waals surface area contributed by atoms with Gasteiger partial charge in [-0.2, -0.15) is 0 Å². The third-order valence-electron chi connectivity index (χ3n) is 3.02. The second-order valence-electron chi connectivity index (χ2n) is 4.20. The molecule has 1 saturated carbocycles. The molecule has 0 aliphatic heterocycles. The van der Waals surface area contributed by atoms with Crippen LogP contribution in [0.15, 0.2) is 29.2 Å². The van der Waals surface area contributed by atoms with Crippen LogP contribution in [0.2, 0.25) is 0 Å². The van der Waals surface area contributed by atoms with E-state index in [2.05, 4.69) is 18.7 Å². The lowest BCUT2D eigenvalue weighted by atomic mass is 9.98. The number of rotatable bonds is 3. The van der Waals surface area contributed by atoms with E-state index in [0.29, 0.717) is 12.7 Å². The Morgan fingerprint density at radius 1 is 1.13 bits per heavy atom. The Morgan fingerprint density at radius 3 is 2.60 bits per heavy atom. The zero-order valence-electron chi connectivity index (χ0n) is 8.98. The van der Waals surface area contributed by atoms with Crippen molar-refractivity contribution < 1.29 is 4.74 Å². The Morgan fingerprint density at radius 2 is 1.87 bits per heavy atom. The van der Waals surface area contributed by atoms with Crippen molar-refractivity contribution in [2.75, 3.05) is 0 Å². The van der Waals surface area contributed by atoms with E-state index in [0.717, 1.165) is 4.90 Å². The predicted octanol–water partition coefficient (Wildman–Crippen LogP) is 3.82. The summed E-state index contributed by atoms with van der Waals surface area (Å²) in [6.45, 7) is 0.713. The van der Waals surface area contributed by atoms with Crippen LogP contribution < -0.4 is 0 Å². The van der Waals surface area contributed by atoms with Crippen LogP contribution in [0.1, 0.15) is 37.7 Å². The summed E-state index contributed by atoms with van der Waals surface area (Å²) < 4.78 is 5.90. The molecule has 1 nitrogen and oxygen atoms in total. The maximum Gasteiger partial charge on any atom is 0.0731 e. The van der Waals surface area contributed by atoms with Crippen molar-refractivity contribution in [2.45, 2.75) is 49.7 Å². The zero-order chi connectivity index (χ0) is 10.5. The standard InChI is InChI=1S/C13H18OS/c15-13-9-5-4-6-11(13)10-14-12-7-2-1-3-8-12/h4-6,9,12,15H,1-3,7-8,10H2. The van der Waals surface area contributed by atoms with Crippen molar-refractivity contribution >= 4 is 12.6 Å². The summed E-state index contributed by atoms with van der Waals surface area (Å²) in [5.41, 5.74) is 1.20. The van der Waals surface area contributed by atoms with Crippen molar-refractivity contribution in [3.63, 3.8) is 0 Å². The first-order valence-electron chi connectivity index (χ1n) is 5.75. The summed E-state index contributed by atoms with van der Waals surface area (Å²) in [5.74, 6) is 0. The van der Waals surface area contributed by atoms with E-state index in [4.69, 9.17) is 4.74 Å². The molecule has 0 amide bonds. The molecule has 0 spiro atoms. The van der Waals surface area contributed by atoms with Gasteiger partial charge >= 0.3 is 0 Å². The molecule has 1 aromatic rings. The fourth-order valence-corrected chi connectivity index (χ4v) is 2.30. The van der Waals surface area contributed by atoms with Gasteiger partial charge in [0.1, 0.15) is 0 Å². The first-order chi connectivity index (χ1) is 7.36. The van der Waals surface area contributed by atoms with Crippen LogP contribution in [0.25, 0.3) is 0 Å². The average molecular weight is 222 g/mol. The van der Waals surface area contributed by atoms with E-state index in [1.807, 2.05) is 18.2 Å². The quantitative estimate of drug-likeness (QED) is 0.765. The van der Waals surface area contributed by atoms with Crippen LogP contribution >= 0.6 is 12.6 Å². The summed E-state index contributed by atoms with van der Waals surface area (Å²) in [6.07, 6.45) is 6.97. The summed E-state index contributed by atoms with van der Waals surface area (Å²) in [7, 11) is 0. The first-order valence-corrected chi connectivity index (χ1v) is 6.19. The van der Waals surface area contributed by atoms with E-state index in [1.54, 1.807) is 0 Å². The molecule has 1 aromatic carbocycles. The van der Waals surface area contributed by atoms with Gasteiger partial charge in [-0.1, -0.05) is 37.5 Å². The van der Waals surface area contributed by atoms with Crippen molar-refractivity contribution in [3.05, 3.63) is 29.8 Å². The third kappa shape index (κ3) is 3.25. The third-order valence-corrected chi connectivity index (χ3v) is 3.45. The number of hydrogen-bond acceptors (Lipinski definition) is 2. The predicted molar refractivity (Wildman–Crippen MR) is 65.4 cm³/mol. The smallest absolute Gasteiger partial charge is 0.0731 e. The largest absolute Gasteiger partial charge is 0.374 e. The molecular formula is C13H18OS. The Balaban J connectivity index is 1.84. The topological polar surface area (TPSA) is 9.23 Å². The van der Waals surface area contributed by atoms with Gasteiger partial charge in [0.2, 0.25) is 0 Å². The fraction of sp³-hybridized carbons (Fsp3) is 0.538. The highest BCUT2D eigenvalue weighted by molar-refractivity contribution is 7.80. The molecule has 2 rings (SSSR count). The molecule has 0 radical (unpaired) electrons. The second kappa shape index (κ2) is 5.57. The summed E-state index contributed by atoms with van der Waals surface area (Å²) >= 11 is 4.42. The Labute approximate surface area is 97.2 Å². The van der Waals surface area contributed by atoms with Crippen molar-refractivity contribution in [1.29, 1.82) is 0 Å². The minimum absolute atomic E-state index is 0.478. The number of benzene rings is 1. The van der Waals surface area contributed by atoms with Crippen LogP contribution in [0, 0.1) is 0 Å². The molecule has 0 heterocycles. The van der Waals surface area contributed by atoms with Gasteiger partial charge in [-0.15, -0.1) is 12.6 Å². The van der Waals surface area contributed by atoms with E-state index in [1.165, 1.54) is 37.7 Å². The molecular weight excluding hydrogens is 204 g/mol. The minimum atomic E-state index is 0.478. The van der Waals surface area contributed by atoms with Gasteiger partial charge in [0.25, 0.3) is 0 Å². The minimum Gasteiger partial charge on any atom is -0.374 e. The molecule has 1 aliphatic carbocycles. The van der Waals surface area contributed by atoms with Gasteiger partial charge < -0.3 is 4.74 Å². The maximum absolute atomic E-state index is 5.90. The average Bonchev–Trinajstić information content (AvgIpc) is 2.29. The number of hydrogen-bond donors (Lipinski definition) is 1. The lowest BCUT2D eigenvalue weighted by Gasteiger charge is -2.22. The number of ether oxygens (including phenoxy) is 1. The maximum atomic E-state index is 5.90. The molecule has 2 heteroatoms. The Bertz CT molecular complexity index is 305. The SMILES string of the molecule is Sc1ccccc1COC1CCCCC1. The van der Waals surface area contributed by atoms with Crippen LogP contribution in [0.3, 0.4) is 0 Å². The lowest BCUT2D eigenvalue weighted by molar-refractivity contribution is 0.0159. The number of thiol groups is 1. The summed E-state index contributed by atoms with van der Waals surface area (Å²) in [6, 6.07) is 8.15. The highest BCUT2D eigenvalue weighted by Crippen LogP contribution is 2.22. The van der Waals surface area contributed by atoms with Gasteiger partial charge in [-0.05, 0) is 24.5 Å². The molecule has 0 saturated heterocycles. The van der Waals surface area contributed by atoms with E-state index < -0.39 is 0 Å². The Hall–Kier alpha value is -0.470. The van der Waals surface area contributed by atoms with E-state index in [9.17, 15) is 0 Å². The van der Waals surface area contributed by atoms with E-state index >= 15 is 0 Å². The molecule has 15 heavy (non-hydrogen) atoms. The molecule has 0 atom stereocenters. The van der Waals surface area contributed by atoms with Crippen LogP contribution in [0.5, 0.6) is 0 Å². The first kappa shape index (κ1) is 11.0. The van der Waals surface area contributed by atoms with Gasteiger partial charge in [0.15, 0.2) is 0 Å². The summed E-state index contributed by atoms with van der Waals surface area (Å²) in [5, 5.41) is 0. The second-order valence-corrected chi connectivity index (χ2v) is 4.68. The van der Waals surface area contributed by atoms with Crippen molar-refractivity contribution in [3.8, 4) is 0 Å². The highest BCUT2D eigenvalue weighted by atomic mass is 32.1. The van der Waals surface area contributed by atoms with Gasteiger partial charge in [0, 0.05) is 4.90 Å². The molecule has 0 aromatic heterocycles. The van der Waals surface area contributed by atoms with Crippen LogP contribution in [0.4, 0.5) is 0 Å². The monoisotopic (exact) mass is 222 g/mol. The van der Waals surface area contributed by atoms with Gasteiger partial charge in [-0.25, -0.2) is 0 Å². The van der Waals surface area contributed by atoms with Crippen molar-refractivity contribution in [2.24, 2.45) is 0 Å². The Kier molecular flexibility index (Phi) is 4.09. The molecule has 0 bridgehead atoms. The molecule has 0 N–H and O–H groups in total. The van der Waals surface area contributed by atoms with Crippen LogP contribution in [-0.2, 0) is 11.3 Å². The highest BCUT2D eigenvalue weighted by Gasteiger charge is 2.13.